The average molecular weight is 194 g/mol. The van der Waals surface area contributed by atoms with E-state index in [9.17, 15) is 0 Å². The fourth-order valence-electron chi connectivity index (χ4n) is 0.998. The van der Waals surface area contributed by atoms with E-state index in [1.165, 1.54) is 4.88 Å². The number of hydrogen-bond acceptors (Lipinski definition) is 4. The molecule has 0 aliphatic heterocycles. The molecule has 2 aromatic rings. The van der Waals surface area contributed by atoms with Crippen LogP contribution < -0.4 is 5.73 Å². The molecule has 2 N–H and O–H groups in total. The Labute approximate surface area is 80.0 Å². The lowest BCUT2D eigenvalue weighted by molar-refractivity contribution is 0.870. The van der Waals surface area contributed by atoms with Gasteiger partial charge in [0, 0.05) is 17.1 Å². The summed E-state index contributed by atoms with van der Waals surface area (Å²) < 4.78 is 1.69. The average Bonchev–Trinajstić information content (AvgIpc) is 2.61. The maximum atomic E-state index is 5.51. The zero-order valence-corrected chi connectivity index (χ0v) is 8.30. The Balaban J connectivity index is 2.46. The summed E-state index contributed by atoms with van der Waals surface area (Å²) in [4.78, 5) is 5.57. The molecule has 0 amide bonds. The van der Waals surface area contributed by atoms with Gasteiger partial charge in [0.1, 0.15) is 5.82 Å². The van der Waals surface area contributed by atoms with E-state index in [0.29, 0.717) is 5.82 Å². The molecule has 0 saturated heterocycles. The predicted octanol–water partition coefficient (Wildman–Crippen LogP) is 1.53. The van der Waals surface area contributed by atoms with Crippen LogP contribution in [-0.4, -0.2) is 14.8 Å². The fraction of sp³-hybridized carbons (Fsp3) is 0.250. The van der Waals surface area contributed by atoms with Gasteiger partial charge in [-0.05, 0) is 13.8 Å². The summed E-state index contributed by atoms with van der Waals surface area (Å²) in [5.41, 5.74) is 6.56. The molecule has 0 spiro atoms. The van der Waals surface area contributed by atoms with Crippen molar-refractivity contribution in [2.24, 2.45) is 0 Å². The summed E-state index contributed by atoms with van der Waals surface area (Å²) in [5, 5.41) is 4.95. The predicted molar refractivity (Wildman–Crippen MR) is 53.1 cm³/mol. The minimum atomic E-state index is 0.519. The Hall–Kier alpha value is -1.36. The van der Waals surface area contributed by atoms with Crippen LogP contribution in [0, 0.1) is 13.8 Å². The van der Waals surface area contributed by atoms with Crippen molar-refractivity contribution in [3.8, 4) is 5.13 Å². The Morgan fingerprint density at radius 1 is 1.46 bits per heavy atom. The molecule has 0 atom stereocenters. The molecular weight excluding hydrogens is 184 g/mol. The zero-order valence-electron chi connectivity index (χ0n) is 7.48. The Kier molecular flexibility index (Phi) is 1.81. The zero-order chi connectivity index (χ0) is 9.42. The molecule has 2 rings (SSSR count). The number of nitrogens with zero attached hydrogens (tertiary/aromatic N) is 3. The first-order chi connectivity index (χ1) is 6.16. The molecule has 4 nitrogen and oxygen atoms in total. The molecule has 0 bridgehead atoms. The van der Waals surface area contributed by atoms with Crippen LogP contribution >= 0.6 is 11.3 Å². The molecule has 2 aromatic heterocycles. The van der Waals surface area contributed by atoms with Gasteiger partial charge in [-0.3, -0.25) is 0 Å². The summed E-state index contributed by atoms with van der Waals surface area (Å²) in [6.07, 6.45) is 1.81. The van der Waals surface area contributed by atoms with Crippen molar-refractivity contribution in [1.82, 2.24) is 14.8 Å². The van der Waals surface area contributed by atoms with E-state index >= 15 is 0 Å². The van der Waals surface area contributed by atoms with Crippen molar-refractivity contribution in [1.29, 1.82) is 0 Å². The Bertz CT molecular complexity index is 410. The lowest BCUT2D eigenvalue weighted by atomic mass is 10.4. The summed E-state index contributed by atoms with van der Waals surface area (Å²) >= 11 is 1.61. The first-order valence-electron chi connectivity index (χ1n) is 3.92. The van der Waals surface area contributed by atoms with Crippen molar-refractivity contribution in [3.05, 3.63) is 22.8 Å². The highest BCUT2D eigenvalue weighted by Crippen LogP contribution is 2.19. The summed E-state index contributed by atoms with van der Waals surface area (Å²) in [7, 11) is 0. The number of nitrogen functional groups attached to an aromatic ring is 1. The maximum absolute atomic E-state index is 5.51. The molecule has 13 heavy (non-hydrogen) atoms. The molecule has 0 saturated carbocycles. The van der Waals surface area contributed by atoms with Crippen LogP contribution in [-0.2, 0) is 0 Å². The molecule has 0 aliphatic carbocycles. The minimum absolute atomic E-state index is 0.519. The highest BCUT2D eigenvalue weighted by molar-refractivity contribution is 7.14. The van der Waals surface area contributed by atoms with Gasteiger partial charge in [0.2, 0.25) is 5.13 Å². The normalized spacial score (nSPS) is 10.6. The van der Waals surface area contributed by atoms with Gasteiger partial charge in [-0.2, -0.15) is 0 Å². The van der Waals surface area contributed by atoms with E-state index in [2.05, 4.69) is 10.1 Å². The lowest BCUT2D eigenvalue weighted by Gasteiger charge is -1.91. The maximum Gasteiger partial charge on any atom is 0.210 e. The van der Waals surface area contributed by atoms with Crippen LogP contribution in [0.25, 0.3) is 5.13 Å². The van der Waals surface area contributed by atoms with E-state index in [1.54, 1.807) is 22.1 Å². The summed E-state index contributed by atoms with van der Waals surface area (Å²) in [6.45, 7) is 4.03. The Morgan fingerprint density at radius 2 is 2.23 bits per heavy atom. The molecule has 0 aliphatic rings. The van der Waals surface area contributed by atoms with Crippen LogP contribution in [0.2, 0.25) is 0 Å². The third kappa shape index (κ3) is 1.42. The van der Waals surface area contributed by atoms with Crippen LogP contribution in [0.15, 0.2) is 12.3 Å². The smallest absolute Gasteiger partial charge is 0.210 e. The van der Waals surface area contributed by atoms with Gasteiger partial charge in [0.15, 0.2) is 0 Å². The van der Waals surface area contributed by atoms with Gasteiger partial charge >= 0.3 is 0 Å². The molecular formula is C8H10N4S. The number of nitrogens with two attached hydrogens (primary N) is 1. The van der Waals surface area contributed by atoms with Gasteiger partial charge in [-0.1, -0.05) is 11.3 Å². The van der Waals surface area contributed by atoms with Crippen LogP contribution in [0.5, 0.6) is 0 Å². The Morgan fingerprint density at radius 3 is 2.69 bits per heavy atom. The first-order valence-corrected chi connectivity index (χ1v) is 4.74. The minimum Gasteiger partial charge on any atom is -0.382 e. The summed E-state index contributed by atoms with van der Waals surface area (Å²) in [6, 6.07) is 1.76. The standard InChI is InChI=1S/C8H10N4S/c1-5-6(2)13-8(10-5)12-4-3-7(9)11-12/h3-4H,1-2H3,(H2,9,11). The second-order valence-electron chi connectivity index (χ2n) is 2.82. The molecule has 0 aromatic carbocycles. The number of thiazole rings is 1. The van der Waals surface area contributed by atoms with Gasteiger partial charge in [0.05, 0.1) is 5.69 Å². The first kappa shape index (κ1) is 8.25. The second kappa shape index (κ2) is 2.85. The molecule has 0 unspecified atom stereocenters. The van der Waals surface area contributed by atoms with E-state index in [4.69, 9.17) is 5.73 Å². The molecule has 2 heterocycles. The van der Waals surface area contributed by atoms with E-state index in [1.807, 2.05) is 20.0 Å². The molecule has 68 valence electrons. The SMILES string of the molecule is Cc1nc(-n2ccc(N)n2)sc1C. The van der Waals surface area contributed by atoms with Gasteiger partial charge in [-0.25, -0.2) is 9.67 Å². The van der Waals surface area contributed by atoms with Crippen molar-refractivity contribution < 1.29 is 0 Å². The second-order valence-corrected chi connectivity index (χ2v) is 4.00. The van der Waals surface area contributed by atoms with Gasteiger partial charge in [-0.15, -0.1) is 5.10 Å². The third-order valence-corrected chi connectivity index (χ3v) is 2.89. The topological polar surface area (TPSA) is 56.7 Å². The molecule has 0 fully saturated rings. The van der Waals surface area contributed by atoms with Crippen LogP contribution in [0.3, 0.4) is 0 Å². The van der Waals surface area contributed by atoms with Crippen molar-refractivity contribution in [2.75, 3.05) is 5.73 Å². The lowest BCUT2D eigenvalue weighted by Crippen LogP contribution is -1.95. The number of anilines is 1. The quantitative estimate of drug-likeness (QED) is 0.749. The molecule has 0 radical (unpaired) electrons. The van der Waals surface area contributed by atoms with E-state index in [-0.39, 0.29) is 0 Å². The van der Waals surface area contributed by atoms with Gasteiger partial charge in [0.25, 0.3) is 0 Å². The van der Waals surface area contributed by atoms with Crippen molar-refractivity contribution in [2.45, 2.75) is 13.8 Å². The highest BCUT2D eigenvalue weighted by Gasteiger charge is 2.05. The van der Waals surface area contributed by atoms with Crippen molar-refractivity contribution >= 4 is 17.2 Å². The largest absolute Gasteiger partial charge is 0.382 e. The fourth-order valence-corrected chi connectivity index (χ4v) is 1.84. The number of hydrogen-bond donors (Lipinski definition) is 1. The van der Waals surface area contributed by atoms with E-state index in [0.717, 1.165) is 10.8 Å². The molecule has 5 heteroatoms. The number of rotatable bonds is 1. The summed E-state index contributed by atoms with van der Waals surface area (Å²) in [5.74, 6) is 0.519. The van der Waals surface area contributed by atoms with E-state index < -0.39 is 0 Å². The van der Waals surface area contributed by atoms with Crippen LogP contribution in [0.4, 0.5) is 5.82 Å². The number of aryl methyl sites for hydroxylation is 2. The van der Waals surface area contributed by atoms with Crippen molar-refractivity contribution in [3.63, 3.8) is 0 Å². The number of aromatic nitrogens is 3. The monoisotopic (exact) mass is 194 g/mol. The van der Waals surface area contributed by atoms with Crippen LogP contribution in [0.1, 0.15) is 10.6 Å². The highest BCUT2D eigenvalue weighted by atomic mass is 32.1. The third-order valence-electron chi connectivity index (χ3n) is 1.82. The van der Waals surface area contributed by atoms with Gasteiger partial charge < -0.3 is 5.73 Å².